The Balaban J connectivity index is 2.49. The maximum atomic E-state index is 9.13. The lowest BCUT2D eigenvalue weighted by molar-refractivity contribution is 0.166. The van der Waals surface area contributed by atoms with Gasteiger partial charge in [0.25, 0.3) is 0 Å². The molecule has 1 unspecified atom stereocenters. The number of nitrogens with zero attached hydrogens (tertiary/aromatic N) is 2. The molecule has 1 N–H and O–H groups in total. The summed E-state index contributed by atoms with van der Waals surface area (Å²) in [7, 11) is 0. The lowest BCUT2D eigenvalue weighted by Crippen LogP contribution is -2.48. The van der Waals surface area contributed by atoms with E-state index in [4.69, 9.17) is 5.26 Å². The van der Waals surface area contributed by atoms with E-state index in [0.717, 1.165) is 32.6 Å². The van der Waals surface area contributed by atoms with Gasteiger partial charge in [-0.2, -0.15) is 5.26 Å². The van der Waals surface area contributed by atoms with Crippen LogP contribution in [0.5, 0.6) is 0 Å². The summed E-state index contributed by atoms with van der Waals surface area (Å²) in [6.45, 7) is 10.6. The summed E-state index contributed by atoms with van der Waals surface area (Å²) in [5.74, 6) is 0. The van der Waals surface area contributed by atoms with Crippen LogP contribution in [-0.2, 0) is 0 Å². The van der Waals surface area contributed by atoms with Crippen molar-refractivity contribution in [3.8, 4) is 6.07 Å². The molecule has 3 heteroatoms. The second-order valence-corrected chi connectivity index (χ2v) is 5.20. The Hall–Kier alpha value is -0.590. The van der Waals surface area contributed by atoms with E-state index in [9.17, 15) is 0 Å². The smallest absolute Gasteiger partial charge is 0.0983 e. The Morgan fingerprint density at radius 1 is 1.36 bits per heavy atom. The zero-order valence-electron chi connectivity index (χ0n) is 9.51. The Morgan fingerprint density at radius 3 is 2.36 bits per heavy atom. The van der Waals surface area contributed by atoms with Gasteiger partial charge in [-0.1, -0.05) is 20.8 Å². The maximum absolute atomic E-state index is 9.13. The van der Waals surface area contributed by atoms with Crippen molar-refractivity contribution in [2.24, 2.45) is 5.41 Å². The Bertz CT molecular complexity index is 206. The fourth-order valence-corrected chi connectivity index (χ4v) is 1.83. The lowest BCUT2D eigenvalue weighted by atomic mass is 9.88. The third-order valence-electron chi connectivity index (χ3n) is 2.55. The first kappa shape index (κ1) is 11.5. The molecule has 0 radical (unpaired) electrons. The van der Waals surface area contributed by atoms with Gasteiger partial charge in [-0.05, 0) is 11.8 Å². The molecular weight excluding hydrogens is 174 g/mol. The minimum Gasteiger partial charge on any atom is -0.314 e. The highest BCUT2D eigenvalue weighted by molar-refractivity contribution is 4.95. The largest absolute Gasteiger partial charge is 0.314 e. The zero-order chi connectivity index (χ0) is 10.6. The molecule has 0 aromatic carbocycles. The minimum atomic E-state index is 0.0945. The second-order valence-electron chi connectivity index (χ2n) is 5.20. The first-order valence-corrected chi connectivity index (χ1v) is 5.37. The molecule has 1 saturated heterocycles. The van der Waals surface area contributed by atoms with Gasteiger partial charge in [-0.25, -0.2) is 0 Å². The summed E-state index contributed by atoms with van der Waals surface area (Å²) in [6, 6.07) is 2.52. The molecule has 3 nitrogen and oxygen atoms in total. The molecule has 1 fully saturated rings. The quantitative estimate of drug-likeness (QED) is 0.720. The molecule has 0 aromatic heterocycles. The summed E-state index contributed by atoms with van der Waals surface area (Å²) < 4.78 is 0. The average molecular weight is 195 g/mol. The van der Waals surface area contributed by atoms with Gasteiger partial charge in [0.15, 0.2) is 0 Å². The first-order chi connectivity index (χ1) is 6.53. The minimum absolute atomic E-state index is 0.0945. The molecule has 14 heavy (non-hydrogen) atoms. The van der Waals surface area contributed by atoms with Crippen LogP contribution in [-0.4, -0.2) is 37.1 Å². The van der Waals surface area contributed by atoms with Crippen LogP contribution in [0.2, 0.25) is 0 Å². The molecule has 1 heterocycles. The van der Waals surface area contributed by atoms with E-state index in [1.54, 1.807) is 0 Å². The molecule has 0 spiro atoms. The molecule has 0 saturated carbocycles. The number of hydrogen-bond acceptors (Lipinski definition) is 3. The van der Waals surface area contributed by atoms with Gasteiger partial charge in [0, 0.05) is 26.2 Å². The summed E-state index contributed by atoms with van der Waals surface area (Å²) in [4.78, 5) is 2.29. The van der Waals surface area contributed by atoms with E-state index in [-0.39, 0.29) is 11.5 Å². The van der Waals surface area contributed by atoms with Crippen LogP contribution in [0.1, 0.15) is 27.2 Å². The van der Waals surface area contributed by atoms with Crippen LogP contribution in [0.15, 0.2) is 0 Å². The monoisotopic (exact) mass is 195 g/mol. The van der Waals surface area contributed by atoms with Crippen molar-refractivity contribution in [1.82, 2.24) is 10.2 Å². The molecule has 1 atom stereocenters. The van der Waals surface area contributed by atoms with E-state index in [1.165, 1.54) is 0 Å². The molecule has 1 aliphatic heterocycles. The number of rotatable bonds is 2. The van der Waals surface area contributed by atoms with Crippen LogP contribution in [0.3, 0.4) is 0 Å². The van der Waals surface area contributed by atoms with Crippen molar-refractivity contribution in [2.75, 3.05) is 26.2 Å². The van der Waals surface area contributed by atoms with Gasteiger partial charge in [0.2, 0.25) is 0 Å². The highest BCUT2D eigenvalue weighted by Crippen LogP contribution is 2.23. The highest BCUT2D eigenvalue weighted by atomic mass is 15.2. The third-order valence-corrected chi connectivity index (χ3v) is 2.55. The number of hydrogen-bond donors (Lipinski definition) is 1. The highest BCUT2D eigenvalue weighted by Gasteiger charge is 2.24. The first-order valence-electron chi connectivity index (χ1n) is 5.37. The number of nitrogens with one attached hydrogen (secondary N) is 1. The Labute approximate surface area is 87.1 Å². The van der Waals surface area contributed by atoms with E-state index < -0.39 is 0 Å². The summed E-state index contributed by atoms with van der Waals surface area (Å²) >= 11 is 0. The fraction of sp³-hybridized carbons (Fsp3) is 0.909. The molecule has 80 valence electrons. The molecule has 0 bridgehead atoms. The normalized spacial score (nSPS) is 21.6. The molecular formula is C11H21N3. The maximum Gasteiger partial charge on any atom is 0.0983 e. The zero-order valence-corrected chi connectivity index (χ0v) is 9.51. The SMILES string of the molecule is CC(C)(C)CC(C#N)N1CCNCC1. The molecule has 1 aliphatic rings. The number of piperazine rings is 1. The van der Waals surface area contributed by atoms with Crippen LogP contribution in [0.25, 0.3) is 0 Å². The van der Waals surface area contributed by atoms with E-state index in [2.05, 4.69) is 37.1 Å². The van der Waals surface area contributed by atoms with Gasteiger partial charge in [0.05, 0.1) is 12.1 Å². The van der Waals surface area contributed by atoms with E-state index >= 15 is 0 Å². The van der Waals surface area contributed by atoms with Crippen LogP contribution in [0.4, 0.5) is 0 Å². The van der Waals surface area contributed by atoms with Crippen molar-refractivity contribution in [2.45, 2.75) is 33.2 Å². The standard InChI is InChI=1S/C11H21N3/c1-11(2,3)8-10(9-12)14-6-4-13-5-7-14/h10,13H,4-8H2,1-3H3. The van der Waals surface area contributed by atoms with Crippen LogP contribution < -0.4 is 5.32 Å². The van der Waals surface area contributed by atoms with Gasteiger partial charge in [-0.3, -0.25) is 4.90 Å². The van der Waals surface area contributed by atoms with Crippen molar-refractivity contribution >= 4 is 0 Å². The Kier molecular flexibility index (Phi) is 3.91. The predicted molar refractivity (Wildman–Crippen MR) is 57.9 cm³/mol. The predicted octanol–water partition coefficient (Wildman–Crippen LogP) is 1.22. The van der Waals surface area contributed by atoms with Crippen LogP contribution in [0, 0.1) is 16.7 Å². The van der Waals surface area contributed by atoms with E-state index in [1.807, 2.05) is 0 Å². The van der Waals surface area contributed by atoms with Gasteiger partial charge in [-0.15, -0.1) is 0 Å². The van der Waals surface area contributed by atoms with Crippen LogP contribution >= 0.6 is 0 Å². The summed E-state index contributed by atoms with van der Waals surface area (Å²) in [6.07, 6.45) is 0.962. The third kappa shape index (κ3) is 3.65. The van der Waals surface area contributed by atoms with E-state index in [0.29, 0.717) is 0 Å². The van der Waals surface area contributed by atoms with Crippen molar-refractivity contribution in [3.05, 3.63) is 0 Å². The molecule has 0 aromatic rings. The molecule has 1 rings (SSSR count). The fourth-order valence-electron chi connectivity index (χ4n) is 1.83. The number of nitriles is 1. The van der Waals surface area contributed by atoms with Crippen molar-refractivity contribution in [1.29, 1.82) is 5.26 Å². The molecule has 0 amide bonds. The average Bonchev–Trinajstić information content (AvgIpc) is 2.14. The van der Waals surface area contributed by atoms with Crippen molar-refractivity contribution < 1.29 is 0 Å². The topological polar surface area (TPSA) is 39.1 Å². The van der Waals surface area contributed by atoms with Crippen molar-refractivity contribution in [3.63, 3.8) is 0 Å². The van der Waals surface area contributed by atoms with Gasteiger partial charge in [0.1, 0.15) is 0 Å². The lowest BCUT2D eigenvalue weighted by Gasteiger charge is -2.34. The molecule has 0 aliphatic carbocycles. The van der Waals surface area contributed by atoms with Gasteiger partial charge >= 0.3 is 0 Å². The Morgan fingerprint density at radius 2 is 1.93 bits per heavy atom. The van der Waals surface area contributed by atoms with Gasteiger partial charge < -0.3 is 5.32 Å². The second kappa shape index (κ2) is 4.77. The summed E-state index contributed by atoms with van der Waals surface area (Å²) in [5, 5.41) is 12.4. The summed E-state index contributed by atoms with van der Waals surface area (Å²) in [5.41, 5.74) is 0.241.